The second kappa shape index (κ2) is 4.18. The highest BCUT2D eigenvalue weighted by Gasteiger charge is 2.92. The Bertz CT molecular complexity index is 792. The maximum absolute atomic E-state index is 11.2. The van der Waals surface area contributed by atoms with Crippen molar-refractivity contribution in [2.45, 2.75) is 37.4 Å². The molecule has 3 heterocycles. The molecule has 9 heteroatoms. The van der Waals surface area contributed by atoms with E-state index in [0.717, 1.165) is 0 Å². The van der Waals surface area contributed by atoms with E-state index in [1.807, 2.05) is 13.8 Å². The fourth-order valence-corrected chi connectivity index (χ4v) is 4.08. The van der Waals surface area contributed by atoms with E-state index < -0.39 is 28.9 Å². The van der Waals surface area contributed by atoms with Gasteiger partial charge >= 0.3 is 0 Å². The molecule has 4 atom stereocenters. The summed E-state index contributed by atoms with van der Waals surface area (Å²) in [5.41, 5.74) is 3.22. The molecule has 0 radical (unpaired) electrons. The van der Waals surface area contributed by atoms with Crippen molar-refractivity contribution < 1.29 is 14.9 Å². The monoisotopic (exact) mass is 320 g/mol. The van der Waals surface area contributed by atoms with Crippen LogP contribution in [0.4, 0.5) is 5.82 Å². The van der Waals surface area contributed by atoms with Crippen molar-refractivity contribution >= 4 is 17.0 Å². The molecule has 1 saturated carbocycles. The number of anilines is 1. The van der Waals surface area contributed by atoms with Gasteiger partial charge < -0.3 is 26.0 Å². The number of nitrogens with one attached hydrogen (secondary N) is 1. The van der Waals surface area contributed by atoms with Crippen LogP contribution in [0.25, 0.3) is 11.2 Å². The Balaban J connectivity index is 1.85. The standard InChI is InChI=1S/C14H20N6O3/c1-12(2)13(21)7(4-16-3)23-11(14(12,13)22)20-6-19-8-9(15)17-5-18-10(8)20/h5-7,11,16,21-22H,4H2,1-3H3,(H2,15,17,18)/t7-,11-,13-,14+/m1/s1. The van der Waals surface area contributed by atoms with E-state index in [9.17, 15) is 10.2 Å². The maximum atomic E-state index is 11.2. The molecule has 2 aromatic heterocycles. The van der Waals surface area contributed by atoms with Gasteiger partial charge in [0.25, 0.3) is 0 Å². The van der Waals surface area contributed by atoms with E-state index in [0.29, 0.717) is 17.7 Å². The number of nitrogens with zero attached hydrogens (tertiary/aromatic N) is 4. The van der Waals surface area contributed by atoms with Gasteiger partial charge in [0, 0.05) is 12.0 Å². The van der Waals surface area contributed by atoms with Gasteiger partial charge in [-0.1, -0.05) is 13.8 Å². The summed E-state index contributed by atoms with van der Waals surface area (Å²) in [5, 5.41) is 25.2. The average molecular weight is 320 g/mol. The Labute approximate surface area is 132 Å². The van der Waals surface area contributed by atoms with Crippen LogP contribution in [-0.4, -0.2) is 60.6 Å². The molecule has 2 fully saturated rings. The van der Waals surface area contributed by atoms with Crippen molar-refractivity contribution in [1.29, 1.82) is 0 Å². The van der Waals surface area contributed by atoms with Crippen LogP contribution in [0.2, 0.25) is 0 Å². The molecule has 1 aliphatic heterocycles. The molecule has 0 amide bonds. The Hall–Kier alpha value is -1.81. The number of aromatic nitrogens is 4. The Kier molecular flexibility index (Phi) is 2.68. The first kappa shape index (κ1) is 14.8. The van der Waals surface area contributed by atoms with Crippen molar-refractivity contribution in [1.82, 2.24) is 24.8 Å². The molecule has 23 heavy (non-hydrogen) atoms. The number of hydrogen-bond acceptors (Lipinski definition) is 8. The summed E-state index contributed by atoms with van der Waals surface area (Å²) in [5.74, 6) is 0.260. The van der Waals surface area contributed by atoms with Crippen LogP contribution >= 0.6 is 0 Å². The number of fused-ring (bicyclic) bond motifs is 2. The van der Waals surface area contributed by atoms with Crippen LogP contribution in [0.5, 0.6) is 0 Å². The van der Waals surface area contributed by atoms with E-state index >= 15 is 0 Å². The van der Waals surface area contributed by atoms with Crippen molar-refractivity contribution in [3.05, 3.63) is 12.7 Å². The summed E-state index contributed by atoms with van der Waals surface area (Å²) in [4.78, 5) is 12.3. The largest absolute Gasteiger partial charge is 0.383 e. The molecule has 5 N–H and O–H groups in total. The van der Waals surface area contributed by atoms with Gasteiger partial charge in [-0.25, -0.2) is 15.0 Å². The SMILES string of the molecule is CNC[C@H]1O[C@@H](n2cnc3c(N)ncnc32)[C@]2(O)C(C)(C)[C@]12O. The van der Waals surface area contributed by atoms with Crippen LogP contribution in [-0.2, 0) is 4.74 Å². The lowest BCUT2D eigenvalue weighted by Crippen LogP contribution is -2.40. The number of ether oxygens (including phenoxy) is 1. The quantitative estimate of drug-likeness (QED) is 0.568. The van der Waals surface area contributed by atoms with Crippen LogP contribution in [0, 0.1) is 5.41 Å². The first-order chi connectivity index (χ1) is 10.8. The molecule has 2 aliphatic rings. The highest BCUT2D eigenvalue weighted by molar-refractivity contribution is 5.81. The zero-order chi connectivity index (χ0) is 16.6. The van der Waals surface area contributed by atoms with E-state index in [1.165, 1.54) is 12.7 Å². The highest BCUT2D eigenvalue weighted by atomic mass is 16.6. The number of nitrogen functional groups attached to an aromatic ring is 1. The number of aliphatic hydroxyl groups is 2. The summed E-state index contributed by atoms with van der Waals surface area (Å²) in [6, 6.07) is 0. The lowest BCUT2D eigenvalue weighted by molar-refractivity contribution is -0.109. The predicted octanol–water partition coefficient (Wildman–Crippen LogP) is -0.973. The molecule has 0 spiro atoms. The second-order valence-corrected chi connectivity index (χ2v) is 6.78. The van der Waals surface area contributed by atoms with Crippen molar-refractivity contribution in [3.8, 4) is 0 Å². The minimum Gasteiger partial charge on any atom is -0.383 e. The van der Waals surface area contributed by atoms with E-state index in [-0.39, 0.29) is 5.82 Å². The zero-order valence-corrected chi connectivity index (χ0v) is 13.2. The molecule has 0 aromatic carbocycles. The van der Waals surface area contributed by atoms with Crippen molar-refractivity contribution in [2.24, 2.45) is 5.41 Å². The van der Waals surface area contributed by atoms with Gasteiger partial charge in [0.05, 0.1) is 6.33 Å². The topological polar surface area (TPSA) is 131 Å². The second-order valence-electron chi connectivity index (χ2n) is 6.78. The van der Waals surface area contributed by atoms with Gasteiger partial charge in [-0.15, -0.1) is 0 Å². The molecular formula is C14H20N6O3. The summed E-state index contributed by atoms with van der Waals surface area (Å²) >= 11 is 0. The summed E-state index contributed by atoms with van der Waals surface area (Å²) in [6.07, 6.45) is 1.49. The third kappa shape index (κ3) is 1.40. The molecule has 124 valence electrons. The van der Waals surface area contributed by atoms with Gasteiger partial charge in [-0.2, -0.15) is 0 Å². The minimum absolute atomic E-state index is 0.260. The lowest BCUT2D eigenvalue weighted by Gasteiger charge is -2.27. The summed E-state index contributed by atoms with van der Waals surface area (Å²) in [6.45, 7) is 4.07. The van der Waals surface area contributed by atoms with Gasteiger partial charge in [0.15, 0.2) is 17.7 Å². The first-order valence-corrected chi connectivity index (χ1v) is 7.48. The zero-order valence-electron chi connectivity index (χ0n) is 13.2. The van der Waals surface area contributed by atoms with E-state index in [2.05, 4.69) is 20.3 Å². The van der Waals surface area contributed by atoms with Crippen molar-refractivity contribution in [3.63, 3.8) is 0 Å². The lowest BCUT2D eigenvalue weighted by atomic mass is 10.0. The molecule has 1 aliphatic carbocycles. The molecule has 0 unspecified atom stereocenters. The van der Waals surface area contributed by atoms with Crippen LogP contribution in [0.1, 0.15) is 20.1 Å². The number of rotatable bonds is 3. The Morgan fingerprint density at radius 1 is 1.30 bits per heavy atom. The summed E-state index contributed by atoms with van der Waals surface area (Å²) in [7, 11) is 1.77. The average Bonchev–Trinajstić information content (AvgIpc) is 2.87. The fourth-order valence-electron chi connectivity index (χ4n) is 4.08. The molecule has 4 rings (SSSR count). The minimum atomic E-state index is -1.44. The fraction of sp³-hybridized carbons (Fsp3) is 0.643. The van der Waals surface area contributed by atoms with Gasteiger partial charge in [0.2, 0.25) is 0 Å². The van der Waals surface area contributed by atoms with Gasteiger partial charge in [0.1, 0.15) is 29.2 Å². The van der Waals surface area contributed by atoms with E-state index in [4.69, 9.17) is 10.5 Å². The normalized spacial score (nSPS) is 38.0. The maximum Gasteiger partial charge on any atom is 0.169 e. The van der Waals surface area contributed by atoms with Crippen LogP contribution in [0.3, 0.4) is 0 Å². The van der Waals surface area contributed by atoms with Crippen LogP contribution < -0.4 is 11.1 Å². The highest BCUT2D eigenvalue weighted by Crippen LogP contribution is 2.75. The molecular weight excluding hydrogens is 300 g/mol. The number of nitrogens with two attached hydrogens (primary N) is 1. The number of hydrogen-bond donors (Lipinski definition) is 4. The smallest absolute Gasteiger partial charge is 0.169 e. The third-order valence-corrected chi connectivity index (χ3v) is 5.57. The summed E-state index contributed by atoms with van der Waals surface area (Å²) < 4.78 is 7.57. The molecule has 2 aromatic rings. The Morgan fingerprint density at radius 2 is 2.04 bits per heavy atom. The predicted molar refractivity (Wildman–Crippen MR) is 81.3 cm³/mol. The van der Waals surface area contributed by atoms with Gasteiger partial charge in [-0.05, 0) is 7.05 Å². The van der Waals surface area contributed by atoms with E-state index in [1.54, 1.807) is 11.6 Å². The van der Waals surface area contributed by atoms with Gasteiger partial charge in [-0.3, -0.25) is 4.57 Å². The first-order valence-electron chi connectivity index (χ1n) is 7.48. The molecule has 9 nitrogen and oxygen atoms in total. The van der Waals surface area contributed by atoms with Crippen molar-refractivity contribution in [2.75, 3.05) is 19.3 Å². The molecule has 0 bridgehead atoms. The third-order valence-electron chi connectivity index (χ3n) is 5.57. The Morgan fingerprint density at radius 3 is 2.74 bits per heavy atom. The van der Waals surface area contributed by atoms with Crippen LogP contribution in [0.15, 0.2) is 12.7 Å². The number of likely N-dealkylation sites (N-methyl/N-ethyl adjacent to an activating group) is 1. The number of imidazole rings is 1. The molecule has 1 saturated heterocycles.